The lowest BCUT2D eigenvalue weighted by Crippen LogP contribution is -2.33. The molecule has 0 saturated carbocycles. The van der Waals surface area contributed by atoms with Gasteiger partial charge in [0.15, 0.2) is 12.0 Å². The number of hydrogen-bond donors (Lipinski definition) is 5. The zero-order valence-corrected chi connectivity index (χ0v) is 13.6. The summed E-state index contributed by atoms with van der Waals surface area (Å²) in [7, 11) is 0. The Kier molecular flexibility index (Phi) is 5.25. The van der Waals surface area contributed by atoms with E-state index in [2.05, 4.69) is 20.5 Å². The first-order chi connectivity index (χ1) is 12.1. The van der Waals surface area contributed by atoms with Gasteiger partial charge < -0.3 is 30.5 Å². The smallest absolute Gasteiger partial charge is 0.177 e. The molecule has 2 aromatic heterocycles. The molecule has 0 bridgehead atoms. The topological polar surface area (TPSA) is 146 Å². The molecule has 5 N–H and O–H groups in total. The van der Waals surface area contributed by atoms with E-state index in [1.54, 1.807) is 4.57 Å². The summed E-state index contributed by atoms with van der Waals surface area (Å²) in [6.07, 6.45) is 0.637. The highest BCUT2D eigenvalue weighted by Crippen LogP contribution is 2.32. The van der Waals surface area contributed by atoms with Crippen molar-refractivity contribution in [2.45, 2.75) is 31.5 Å². The molecule has 0 unspecified atom stereocenters. The highest BCUT2D eigenvalue weighted by molar-refractivity contribution is 5.85. The Morgan fingerprint density at radius 1 is 1.36 bits per heavy atom. The van der Waals surface area contributed by atoms with Crippen molar-refractivity contribution in [2.24, 2.45) is 0 Å². The maximum absolute atomic E-state index is 10.2. The quantitative estimate of drug-likeness (QED) is 0.404. The molecule has 0 aromatic carbocycles. The third-order valence-electron chi connectivity index (χ3n) is 4.15. The van der Waals surface area contributed by atoms with Crippen LogP contribution in [-0.2, 0) is 4.74 Å². The fourth-order valence-corrected chi connectivity index (χ4v) is 2.69. The van der Waals surface area contributed by atoms with Gasteiger partial charge in [0.25, 0.3) is 0 Å². The molecule has 1 aliphatic heterocycles. The standard InChI is InChI=1S/C15H21N5O5/c1-8(5-21)2-3-16-14-11-9(4-18-19-14)20(7-17-11)15-13(24)12(23)10(6-22)25-15/h2,4,7,10,12-13,15,21-24H,3,5-6H2,1H3,(H,16,19)/b8-2+/t10-,12+,13+,15-/m1/s1. The van der Waals surface area contributed by atoms with Crippen LogP contribution in [0.2, 0.25) is 0 Å². The third-order valence-corrected chi connectivity index (χ3v) is 4.15. The zero-order valence-electron chi connectivity index (χ0n) is 13.6. The number of nitrogens with one attached hydrogen (secondary N) is 1. The Morgan fingerprint density at radius 3 is 2.84 bits per heavy atom. The average Bonchev–Trinajstić information content (AvgIpc) is 3.17. The van der Waals surface area contributed by atoms with E-state index < -0.39 is 31.1 Å². The van der Waals surface area contributed by atoms with Gasteiger partial charge in [0.2, 0.25) is 0 Å². The number of nitrogens with zero attached hydrogens (tertiary/aromatic N) is 4. The molecular weight excluding hydrogens is 330 g/mol. The zero-order chi connectivity index (χ0) is 18.0. The van der Waals surface area contributed by atoms with E-state index in [9.17, 15) is 15.3 Å². The first kappa shape index (κ1) is 17.7. The number of ether oxygens (including phenoxy) is 1. The van der Waals surface area contributed by atoms with Gasteiger partial charge in [-0.2, -0.15) is 5.10 Å². The Morgan fingerprint density at radius 2 is 2.16 bits per heavy atom. The largest absolute Gasteiger partial charge is 0.394 e. The van der Waals surface area contributed by atoms with Gasteiger partial charge in [0, 0.05) is 6.54 Å². The van der Waals surface area contributed by atoms with Gasteiger partial charge >= 0.3 is 0 Å². The van der Waals surface area contributed by atoms with E-state index in [-0.39, 0.29) is 6.61 Å². The number of aliphatic hydroxyl groups is 4. The van der Waals surface area contributed by atoms with E-state index in [0.29, 0.717) is 23.4 Å². The maximum Gasteiger partial charge on any atom is 0.177 e. The highest BCUT2D eigenvalue weighted by Gasteiger charge is 2.43. The van der Waals surface area contributed by atoms with Crippen LogP contribution < -0.4 is 5.32 Å². The van der Waals surface area contributed by atoms with Gasteiger partial charge in [-0.25, -0.2) is 4.98 Å². The fraction of sp³-hybridized carbons (Fsp3) is 0.533. The minimum Gasteiger partial charge on any atom is -0.394 e. The van der Waals surface area contributed by atoms with Crippen LogP contribution in [0.25, 0.3) is 11.0 Å². The molecule has 10 nitrogen and oxygen atoms in total. The molecule has 10 heteroatoms. The minimum absolute atomic E-state index is 0.0164. The van der Waals surface area contributed by atoms with E-state index in [4.69, 9.17) is 9.84 Å². The molecule has 0 aliphatic carbocycles. The van der Waals surface area contributed by atoms with Gasteiger partial charge in [-0.1, -0.05) is 11.6 Å². The molecule has 0 amide bonds. The second-order valence-electron chi connectivity index (χ2n) is 5.90. The second-order valence-corrected chi connectivity index (χ2v) is 5.90. The summed E-state index contributed by atoms with van der Waals surface area (Å²) in [5, 5.41) is 49.3. The molecule has 1 aliphatic rings. The van der Waals surface area contributed by atoms with Crippen LogP contribution in [0.1, 0.15) is 13.2 Å². The SMILES string of the molecule is C/C(=C\CNc1nncc2c1ncn2[C@@H]1O[C@H](CO)[C@H](O)[C@@H]1O)CO. The molecule has 2 aromatic rings. The van der Waals surface area contributed by atoms with Crippen LogP contribution >= 0.6 is 0 Å². The number of rotatable bonds is 6. The van der Waals surface area contributed by atoms with Gasteiger partial charge in [-0.05, 0) is 6.92 Å². The lowest BCUT2D eigenvalue weighted by Gasteiger charge is -2.16. The highest BCUT2D eigenvalue weighted by atomic mass is 16.6. The lowest BCUT2D eigenvalue weighted by atomic mass is 10.1. The van der Waals surface area contributed by atoms with Crippen LogP contribution in [0, 0.1) is 0 Å². The van der Waals surface area contributed by atoms with Crippen molar-refractivity contribution in [3.05, 3.63) is 24.2 Å². The molecule has 0 spiro atoms. The van der Waals surface area contributed by atoms with E-state index in [1.165, 1.54) is 12.5 Å². The van der Waals surface area contributed by atoms with Gasteiger partial charge in [-0.15, -0.1) is 5.10 Å². The first-order valence-corrected chi connectivity index (χ1v) is 7.87. The number of aromatic nitrogens is 4. The van der Waals surface area contributed by atoms with Crippen LogP contribution in [0.15, 0.2) is 24.2 Å². The van der Waals surface area contributed by atoms with Gasteiger partial charge in [0.1, 0.15) is 23.8 Å². The normalized spacial score (nSPS) is 27.2. The molecule has 1 fully saturated rings. The molecule has 1 saturated heterocycles. The van der Waals surface area contributed by atoms with Gasteiger partial charge in [-0.3, -0.25) is 4.57 Å². The minimum atomic E-state index is -1.20. The molecule has 0 radical (unpaired) electrons. The summed E-state index contributed by atoms with van der Waals surface area (Å²) >= 11 is 0. The van der Waals surface area contributed by atoms with E-state index in [1.807, 2.05) is 13.0 Å². The van der Waals surface area contributed by atoms with Crippen molar-refractivity contribution < 1.29 is 25.2 Å². The summed E-state index contributed by atoms with van der Waals surface area (Å²) in [6.45, 7) is 1.84. The number of imidazole rings is 1. The second kappa shape index (κ2) is 7.42. The van der Waals surface area contributed by atoms with Crippen molar-refractivity contribution in [3.8, 4) is 0 Å². The Bertz CT molecular complexity index is 764. The molecular formula is C15H21N5O5. The van der Waals surface area contributed by atoms with E-state index >= 15 is 0 Å². The monoisotopic (exact) mass is 351 g/mol. The van der Waals surface area contributed by atoms with Crippen molar-refractivity contribution in [3.63, 3.8) is 0 Å². The maximum atomic E-state index is 10.2. The Hall–Kier alpha value is -2.11. The molecule has 3 heterocycles. The van der Waals surface area contributed by atoms with Crippen LogP contribution in [-0.4, -0.2) is 78.2 Å². The lowest BCUT2D eigenvalue weighted by molar-refractivity contribution is -0.0509. The molecule has 4 atom stereocenters. The third kappa shape index (κ3) is 3.34. The van der Waals surface area contributed by atoms with Crippen molar-refractivity contribution >= 4 is 16.9 Å². The predicted octanol–water partition coefficient (Wildman–Crippen LogP) is -1.21. The summed E-state index contributed by atoms with van der Waals surface area (Å²) in [5.41, 5.74) is 1.92. The van der Waals surface area contributed by atoms with Crippen molar-refractivity contribution in [1.82, 2.24) is 19.7 Å². The Labute approximate surface area is 143 Å². The van der Waals surface area contributed by atoms with E-state index in [0.717, 1.165) is 5.57 Å². The van der Waals surface area contributed by atoms with Crippen LogP contribution in [0.3, 0.4) is 0 Å². The Balaban J connectivity index is 1.86. The van der Waals surface area contributed by atoms with Crippen LogP contribution in [0.4, 0.5) is 5.82 Å². The number of fused-ring (bicyclic) bond motifs is 1. The van der Waals surface area contributed by atoms with Gasteiger partial charge in [0.05, 0.1) is 31.3 Å². The summed E-state index contributed by atoms with van der Waals surface area (Å²) in [4.78, 5) is 4.28. The number of anilines is 1. The van der Waals surface area contributed by atoms with Crippen molar-refractivity contribution in [1.29, 1.82) is 0 Å². The summed E-state index contributed by atoms with van der Waals surface area (Å²) in [5.74, 6) is 0.449. The first-order valence-electron chi connectivity index (χ1n) is 7.87. The molecule has 3 rings (SSSR count). The predicted molar refractivity (Wildman–Crippen MR) is 87.7 cm³/mol. The average molecular weight is 351 g/mol. The fourth-order valence-electron chi connectivity index (χ4n) is 2.69. The van der Waals surface area contributed by atoms with Crippen LogP contribution in [0.5, 0.6) is 0 Å². The van der Waals surface area contributed by atoms with Crippen molar-refractivity contribution in [2.75, 3.05) is 25.1 Å². The summed E-state index contributed by atoms with van der Waals surface area (Å²) in [6, 6.07) is 0. The summed E-state index contributed by atoms with van der Waals surface area (Å²) < 4.78 is 7.07. The molecule has 136 valence electrons. The number of hydrogen-bond acceptors (Lipinski definition) is 9. The molecule has 25 heavy (non-hydrogen) atoms. The number of aliphatic hydroxyl groups excluding tert-OH is 4.